The van der Waals surface area contributed by atoms with Crippen molar-refractivity contribution in [3.63, 3.8) is 0 Å². The Kier molecular flexibility index (Phi) is 5.67. The number of pyridine rings is 1. The Morgan fingerprint density at radius 2 is 2.16 bits per heavy atom. The Morgan fingerprint density at radius 3 is 2.74 bits per heavy atom. The topological polar surface area (TPSA) is 45.2 Å². The van der Waals surface area contributed by atoms with Gasteiger partial charge in [0.05, 0.1) is 6.61 Å². The molecule has 0 radical (unpaired) electrons. The number of rotatable bonds is 9. The van der Waals surface area contributed by atoms with Crippen molar-refractivity contribution in [1.82, 2.24) is 10.3 Å². The quantitative estimate of drug-likeness (QED) is 0.539. The number of aromatic nitrogens is 1. The van der Waals surface area contributed by atoms with Gasteiger partial charge in [0.25, 0.3) is 0 Å². The average molecular weight is 280 g/mol. The van der Waals surface area contributed by atoms with Crippen LogP contribution in [0.2, 0.25) is 0 Å². The maximum Gasteiger partial charge on any atom is 0.0613 e. The molecule has 1 aromatic rings. The Balaban J connectivity index is 1.72. The monoisotopic (exact) mass is 280 g/mol. The van der Waals surface area contributed by atoms with E-state index in [1.807, 2.05) is 36.3 Å². The van der Waals surface area contributed by atoms with Gasteiger partial charge in [-0.25, -0.2) is 0 Å². The summed E-state index contributed by atoms with van der Waals surface area (Å²) in [5.74, 6) is 1.10. The maximum atomic E-state index is 9.69. The van der Waals surface area contributed by atoms with Crippen LogP contribution in [0, 0.1) is 0 Å². The van der Waals surface area contributed by atoms with E-state index in [0.29, 0.717) is 6.04 Å². The minimum atomic E-state index is -0.0556. The minimum Gasteiger partial charge on any atom is -0.394 e. The van der Waals surface area contributed by atoms with E-state index in [0.717, 1.165) is 25.0 Å². The van der Waals surface area contributed by atoms with Gasteiger partial charge in [-0.05, 0) is 50.0 Å². The van der Waals surface area contributed by atoms with Crippen LogP contribution in [0.15, 0.2) is 29.4 Å². The molecule has 1 saturated carbocycles. The summed E-state index contributed by atoms with van der Waals surface area (Å²) in [5.41, 5.74) is -0.0556. The van der Waals surface area contributed by atoms with Crippen LogP contribution < -0.4 is 5.32 Å². The molecular formula is C15H24N2OS. The Labute approximate surface area is 120 Å². The van der Waals surface area contributed by atoms with Crippen molar-refractivity contribution in [1.29, 1.82) is 0 Å². The lowest BCUT2D eigenvalue weighted by atomic mass is 9.91. The summed E-state index contributed by atoms with van der Waals surface area (Å²) < 4.78 is 0. The molecule has 0 saturated heterocycles. The first-order chi connectivity index (χ1) is 9.28. The lowest BCUT2D eigenvalue weighted by Gasteiger charge is -2.32. The van der Waals surface area contributed by atoms with Gasteiger partial charge in [0, 0.05) is 28.9 Å². The van der Waals surface area contributed by atoms with Gasteiger partial charge in [-0.2, -0.15) is 0 Å². The third-order valence-electron chi connectivity index (χ3n) is 3.79. The van der Waals surface area contributed by atoms with Gasteiger partial charge in [-0.3, -0.25) is 4.98 Å². The molecule has 1 aliphatic carbocycles. The van der Waals surface area contributed by atoms with E-state index in [1.54, 1.807) is 0 Å². The maximum absolute atomic E-state index is 9.69. The molecule has 2 N–H and O–H groups in total. The van der Waals surface area contributed by atoms with Crippen LogP contribution >= 0.6 is 11.8 Å². The fourth-order valence-corrected chi connectivity index (χ4v) is 3.12. The second-order valence-electron chi connectivity index (χ2n) is 5.35. The molecule has 2 rings (SSSR count). The van der Waals surface area contributed by atoms with Gasteiger partial charge in [0.2, 0.25) is 0 Å². The third-order valence-corrected chi connectivity index (χ3v) is 4.88. The smallest absolute Gasteiger partial charge is 0.0613 e. The fourth-order valence-electron chi connectivity index (χ4n) is 2.28. The van der Waals surface area contributed by atoms with Gasteiger partial charge in [0.15, 0.2) is 0 Å². The van der Waals surface area contributed by atoms with E-state index in [9.17, 15) is 5.11 Å². The summed E-state index contributed by atoms with van der Waals surface area (Å²) in [5, 5.41) is 13.3. The molecule has 0 bridgehead atoms. The van der Waals surface area contributed by atoms with Gasteiger partial charge in [-0.15, -0.1) is 11.8 Å². The molecule has 0 spiro atoms. The summed E-state index contributed by atoms with van der Waals surface area (Å²) >= 11 is 1.87. The Hall–Kier alpha value is -0.580. The summed E-state index contributed by atoms with van der Waals surface area (Å²) in [6.45, 7) is 2.42. The largest absolute Gasteiger partial charge is 0.394 e. The Bertz CT molecular complexity index is 364. The van der Waals surface area contributed by atoms with Crippen LogP contribution in [0.3, 0.4) is 0 Å². The second-order valence-corrected chi connectivity index (χ2v) is 6.51. The van der Waals surface area contributed by atoms with Gasteiger partial charge >= 0.3 is 0 Å². The zero-order valence-corrected chi connectivity index (χ0v) is 12.5. The molecule has 0 aliphatic heterocycles. The lowest BCUT2D eigenvalue weighted by molar-refractivity contribution is 0.144. The Morgan fingerprint density at radius 1 is 1.42 bits per heavy atom. The van der Waals surface area contributed by atoms with Crippen molar-refractivity contribution in [2.24, 2.45) is 0 Å². The van der Waals surface area contributed by atoms with Crippen molar-refractivity contribution in [3.05, 3.63) is 24.5 Å². The lowest BCUT2D eigenvalue weighted by Crippen LogP contribution is -2.49. The molecule has 1 aliphatic rings. The van der Waals surface area contributed by atoms with Gasteiger partial charge < -0.3 is 10.4 Å². The summed E-state index contributed by atoms with van der Waals surface area (Å²) in [4.78, 5) is 5.30. The number of aliphatic hydroxyl groups excluding tert-OH is 1. The van der Waals surface area contributed by atoms with E-state index in [1.165, 1.54) is 17.7 Å². The van der Waals surface area contributed by atoms with Crippen molar-refractivity contribution in [2.75, 3.05) is 12.4 Å². The summed E-state index contributed by atoms with van der Waals surface area (Å²) in [6, 6.07) is 4.75. The van der Waals surface area contributed by atoms with Gasteiger partial charge in [0.1, 0.15) is 0 Å². The van der Waals surface area contributed by atoms with E-state index in [4.69, 9.17) is 0 Å². The van der Waals surface area contributed by atoms with E-state index in [-0.39, 0.29) is 12.1 Å². The SMILES string of the molecule is CCC(CO)(CCCSc1ccncc1)NC1CC1. The summed E-state index contributed by atoms with van der Waals surface area (Å²) in [7, 11) is 0. The zero-order valence-electron chi connectivity index (χ0n) is 11.6. The van der Waals surface area contributed by atoms with Crippen molar-refractivity contribution in [3.8, 4) is 0 Å². The molecule has 106 valence electrons. The predicted molar refractivity (Wildman–Crippen MR) is 80.5 cm³/mol. The number of aliphatic hydroxyl groups is 1. The zero-order chi connectivity index (χ0) is 13.6. The van der Waals surface area contributed by atoms with Crippen LogP contribution in [0.4, 0.5) is 0 Å². The molecule has 1 heterocycles. The summed E-state index contributed by atoms with van der Waals surface area (Å²) in [6.07, 6.45) is 9.39. The highest BCUT2D eigenvalue weighted by atomic mass is 32.2. The molecule has 3 nitrogen and oxygen atoms in total. The molecule has 1 fully saturated rings. The molecule has 19 heavy (non-hydrogen) atoms. The molecule has 1 aromatic heterocycles. The predicted octanol–water partition coefficient (Wildman–Crippen LogP) is 2.85. The highest BCUT2D eigenvalue weighted by molar-refractivity contribution is 7.99. The van der Waals surface area contributed by atoms with Crippen LogP contribution in [0.1, 0.15) is 39.0 Å². The van der Waals surface area contributed by atoms with Crippen molar-refractivity contribution < 1.29 is 5.11 Å². The number of nitrogens with zero attached hydrogens (tertiary/aromatic N) is 1. The van der Waals surface area contributed by atoms with Crippen molar-refractivity contribution >= 4 is 11.8 Å². The highest BCUT2D eigenvalue weighted by Gasteiger charge is 2.33. The third kappa shape index (κ3) is 4.79. The minimum absolute atomic E-state index is 0.0556. The normalized spacial score (nSPS) is 18.2. The van der Waals surface area contributed by atoms with Crippen LogP contribution in [-0.4, -0.2) is 34.0 Å². The van der Waals surface area contributed by atoms with E-state index in [2.05, 4.69) is 17.2 Å². The van der Waals surface area contributed by atoms with Crippen molar-refractivity contribution in [2.45, 2.75) is 55.5 Å². The standard InChI is InChI=1S/C15H24N2OS/c1-2-15(12-18,17-13-4-5-13)8-3-11-19-14-6-9-16-10-7-14/h6-7,9-10,13,17-18H,2-5,8,11-12H2,1H3. The van der Waals surface area contributed by atoms with Crippen LogP contribution in [-0.2, 0) is 0 Å². The van der Waals surface area contributed by atoms with Crippen LogP contribution in [0.25, 0.3) is 0 Å². The second kappa shape index (κ2) is 7.27. The number of thioether (sulfide) groups is 1. The number of nitrogens with one attached hydrogen (secondary N) is 1. The van der Waals surface area contributed by atoms with Crippen LogP contribution in [0.5, 0.6) is 0 Å². The van der Waals surface area contributed by atoms with E-state index >= 15 is 0 Å². The first-order valence-electron chi connectivity index (χ1n) is 7.19. The highest BCUT2D eigenvalue weighted by Crippen LogP contribution is 2.28. The average Bonchev–Trinajstić information content (AvgIpc) is 3.27. The molecule has 4 heteroatoms. The molecule has 0 amide bonds. The molecular weight excluding hydrogens is 256 g/mol. The van der Waals surface area contributed by atoms with E-state index < -0.39 is 0 Å². The number of hydrogen-bond donors (Lipinski definition) is 2. The fraction of sp³-hybridized carbons (Fsp3) is 0.667. The van der Waals surface area contributed by atoms with Gasteiger partial charge in [-0.1, -0.05) is 6.92 Å². The molecule has 1 atom stereocenters. The molecule has 1 unspecified atom stereocenters. The first-order valence-corrected chi connectivity index (χ1v) is 8.18. The molecule has 0 aromatic carbocycles. The first kappa shape index (κ1) is 14.8. The number of hydrogen-bond acceptors (Lipinski definition) is 4.